The number of thioether (sulfide) groups is 1. The summed E-state index contributed by atoms with van der Waals surface area (Å²) in [5.74, 6) is 2.80. The van der Waals surface area contributed by atoms with Gasteiger partial charge in [0.2, 0.25) is 0 Å². The van der Waals surface area contributed by atoms with E-state index in [0.29, 0.717) is 13.2 Å². The van der Waals surface area contributed by atoms with E-state index in [0.717, 1.165) is 36.1 Å². The summed E-state index contributed by atoms with van der Waals surface area (Å²) in [6, 6.07) is 8.11. The van der Waals surface area contributed by atoms with E-state index in [9.17, 15) is 0 Å². The number of hydrogen-bond acceptors (Lipinski definition) is 4. The van der Waals surface area contributed by atoms with E-state index in [-0.39, 0.29) is 0 Å². The molecular weight excluding hydrogens is 296 g/mol. The molecule has 6 heteroatoms. The van der Waals surface area contributed by atoms with Crippen LogP contribution < -0.4 is 15.4 Å². The third kappa shape index (κ3) is 7.56. The molecule has 0 unspecified atom stereocenters. The van der Waals surface area contributed by atoms with Crippen molar-refractivity contribution in [2.24, 2.45) is 4.99 Å². The fraction of sp³-hybridized carbons (Fsp3) is 0.562. The number of guanidine groups is 1. The Bertz CT molecular complexity index is 452. The summed E-state index contributed by atoms with van der Waals surface area (Å²) < 4.78 is 5.87. The first-order valence-corrected chi connectivity index (χ1v) is 8.85. The van der Waals surface area contributed by atoms with Crippen molar-refractivity contribution in [1.29, 1.82) is 0 Å². The molecule has 0 aliphatic rings. The highest BCUT2D eigenvalue weighted by Crippen LogP contribution is 2.17. The molecule has 1 rings (SSSR count). The molecule has 5 nitrogen and oxygen atoms in total. The lowest BCUT2D eigenvalue weighted by molar-refractivity contribution is 0.259. The fourth-order valence-electron chi connectivity index (χ4n) is 1.80. The van der Waals surface area contributed by atoms with Crippen molar-refractivity contribution in [3.05, 3.63) is 29.8 Å². The second-order valence-electron chi connectivity index (χ2n) is 5.10. The van der Waals surface area contributed by atoms with Crippen LogP contribution >= 0.6 is 11.8 Å². The van der Waals surface area contributed by atoms with Crippen molar-refractivity contribution in [2.45, 2.75) is 6.54 Å². The molecule has 124 valence electrons. The van der Waals surface area contributed by atoms with E-state index in [1.807, 2.05) is 44.1 Å². The van der Waals surface area contributed by atoms with Crippen molar-refractivity contribution in [2.75, 3.05) is 52.8 Å². The number of aliphatic imine (C=N–C) groups is 1. The number of nitrogens with zero attached hydrogens (tertiary/aromatic N) is 2. The highest BCUT2D eigenvalue weighted by molar-refractivity contribution is 7.98. The first-order valence-electron chi connectivity index (χ1n) is 7.46. The van der Waals surface area contributed by atoms with Gasteiger partial charge in [0, 0.05) is 38.0 Å². The number of hydrogen-bond donors (Lipinski definition) is 2. The summed E-state index contributed by atoms with van der Waals surface area (Å²) in [5, 5.41) is 6.61. The topological polar surface area (TPSA) is 48.9 Å². The maximum absolute atomic E-state index is 5.87. The van der Waals surface area contributed by atoms with Gasteiger partial charge in [0.05, 0.1) is 0 Å². The molecule has 0 saturated heterocycles. The predicted molar refractivity (Wildman–Crippen MR) is 97.1 cm³/mol. The Morgan fingerprint density at radius 2 is 2.05 bits per heavy atom. The molecule has 0 spiro atoms. The SMILES string of the molecule is CN=C(NCCSC)NCc1ccccc1OCCN(C)C. The van der Waals surface area contributed by atoms with Gasteiger partial charge in [-0.25, -0.2) is 0 Å². The van der Waals surface area contributed by atoms with E-state index in [1.165, 1.54) is 0 Å². The van der Waals surface area contributed by atoms with Gasteiger partial charge in [0.1, 0.15) is 12.4 Å². The normalized spacial score (nSPS) is 11.6. The van der Waals surface area contributed by atoms with Crippen LogP contribution in [0.5, 0.6) is 5.75 Å². The first-order chi connectivity index (χ1) is 10.7. The summed E-state index contributed by atoms with van der Waals surface area (Å²) >= 11 is 1.81. The summed E-state index contributed by atoms with van der Waals surface area (Å²) in [5.41, 5.74) is 1.13. The van der Waals surface area contributed by atoms with E-state index < -0.39 is 0 Å². The van der Waals surface area contributed by atoms with E-state index >= 15 is 0 Å². The number of likely N-dealkylation sites (N-methyl/N-ethyl adjacent to an activating group) is 1. The van der Waals surface area contributed by atoms with Gasteiger partial charge in [0.15, 0.2) is 5.96 Å². The minimum Gasteiger partial charge on any atom is -0.492 e. The zero-order valence-electron chi connectivity index (χ0n) is 14.1. The molecule has 0 radical (unpaired) electrons. The largest absolute Gasteiger partial charge is 0.492 e. The summed E-state index contributed by atoms with van der Waals surface area (Å²) in [4.78, 5) is 6.34. The molecule has 0 amide bonds. The monoisotopic (exact) mass is 324 g/mol. The van der Waals surface area contributed by atoms with Crippen LogP contribution in [0.4, 0.5) is 0 Å². The van der Waals surface area contributed by atoms with Gasteiger partial charge < -0.3 is 20.3 Å². The number of rotatable bonds is 9. The lowest BCUT2D eigenvalue weighted by Crippen LogP contribution is -2.38. The van der Waals surface area contributed by atoms with Crippen LogP contribution in [0.25, 0.3) is 0 Å². The summed E-state index contributed by atoms with van der Waals surface area (Å²) in [6.07, 6.45) is 2.10. The predicted octanol–water partition coefficient (Wildman–Crippen LogP) is 1.65. The van der Waals surface area contributed by atoms with Crippen molar-refractivity contribution >= 4 is 17.7 Å². The Kier molecular flexibility index (Phi) is 9.50. The molecule has 0 bridgehead atoms. The van der Waals surface area contributed by atoms with Gasteiger partial charge >= 0.3 is 0 Å². The second kappa shape index (κ2) is 11.2. The highest BCUT2D eigenvalue weighted by Gasteiger charge is 2.04. The van der Waals surface area contributed by atoms with Gasteiger partial charge in [-0.3, -0.25) is 4.99 Å². The van der Waals surface area contributed by atoms with Crippen LogP contribution in [0.15, 0.2) is 29.3 Å². The van der Waals surface area contributed by atoms with Gasteiger partial charge in [-0.1, -0.05) is 18.2 Å². The number of nitrogens with one attached hydrogen (secondary N) is 2. The molecule has 0 aliphatic carbocycles. The summed E-state index contributed by atoms with van der Waals surface area (Å²) in [7, 11) is 5.87. The van der Waals surface area contributed by atoms with Crippen molar-refractivity contribution < 1.29 is 4.74 Å². The Labute approximate surface area is 138 Å². The van der Waals surface area contributed by atoms with Gasteiger partial charge in [-0.15, -0.1) is 0 Å². The van der Waals surface area contributed by atoms with Crippen LogP contribution in [-0.2, 0) is 6.54 Å². The molecule has 0 aromatic heterocycles. The Morgan fingerprint density at radius 3 is 2.73 bits per heavy atom. The Hall–Kier alpha value is -1.40. The third-order valence-corrected chi connectivity index (χ3v) is 3.65. The van der Waals surface area contributed by atoms with E-state index in [1.54, 1.807) is 7.05 Å². The molecule has 1 aromatic carbocycles. The molecular formula is C16H28N4OS. The minimum absolute atomic E-state index is 0.685. The third-order valence-electron chi connectivity index (χ3n) is 3.04. The molecule has 2 N–H and O–H groups in total. The molecule has 1 aromatic rings. The summed E-state index contributed by atoms with van der Waals surface area (Å²) in [6.45, 7) is 3.18. The molecule has 0 atom stereocenters. The van der Waals surface area contributed by atoms with Crippen LogP contribution in [0.2, 0.25) is 0 Å². The average Bonchev–Trinajstić information content (AvgIpc) is 2.51. The molecule has 0 aliphatic heterocycles. The second-order valence-corrected chi connectivity index (χ2v) is 6.09. The van der Waals surface area contributed by atoms with Crippen molar-refractivity contribution in [3.8, 4) is 5.75 Å². The van der Waals surface area contributed by atoms with Crippen LogP contribution in [-0.4, -0.2) is 63.7 Å². The number of ether oxygens (including phenoxy) is 1. The van der Waals surface area contributed by atoms with Crippen LogP contribution in [0.3, 0.4) is 0 Å². The van der Waals surface area contributed by atoms with E-state index in [4.69, 9.17) is 4.74 Å². The van der Waals surface area contributed by atoms with Gasteiger partial charge in [0.25, 0.3) is 0 Å². The zero-order chi connectivity index (χ0) is 16.2. The van der Waals surface area contributed by atoms with Crippen molar-refractivity contribution in [1.82, 2.24) is 15.5 Å². The fourth-order valence-corrected chi connectivity index (χ4v) is 2.11. The molecule has 0 saturated carbocycles. The number of benzene rings is 1. The molecule has 22 heavy (non-hydrogen) atoms. The zero-order valence-corrected chi connectivity index (χ0v) is 14.9. The minimum atomic E-state index is 0.685. The lowest BCUT2D eigenvalue weighted by Gasteiger charge is -2.16. The maximum Gasteiger partial charge on any atom is 0.191 e. The highest BCUT2D eigenvalue weighted by atomic mass is 32.2. The quantitative estimate of drug-likeness (QED) is 0.411. The van der Waals surface area contributed by atoms with Gasteiger partial charge in [-0.2, -0.15) is 11.8 Å². The van der Waals surface area contributed by atoms with Crippen LogP contribution in [0, 0.1) is 0 Å². The smallest absolute Gasteiger partial charge is 0.191 e. The van der Waals surface area contributed by atoms with Gasteiger partial charge in [-0.05, 0) is 26.4 Å². The molecule has 0 heterocycles. The first kappa shape index (κ1) is 18.6. The maximum atomic E-state index is 5.87. The number of para-hydroxylation sites is 1. The molecule has 0 fully saturated rings. The average molecular weight is 324 g/mol. The Balaban J connectivity index is 2.50. The van der Waals surface area contributed by atoms with Crippen LogP contribution in [0.1, 0.15) is 5.56 Å². The standard InChI is InChI=1S/C16H28N4OS/c1-17-16(18-9-12-22-4)19-13-14-7-5-6-8-15(14)21-11-10-20(2)3/h5-8H,9-13H2,1-4H3,(H2,17,18,19). The van der Waals surface area contributed by atoms with Crippen molar-refractivity contribution in [3.63, 3.8) is 0 Å². The Morgan fingerprint density at radius 1 is 1.27 bits per heavy atom. The lowest BCUT2D eigenvalue weighted by atomic mass is 10.2. The van der Waals surface area contributed by atoms with E-state index in [2.05, 4.69) is 32.8 Å².